The average Bonchev–Trinajstić information content (AvgIpc) is 2.87. The van der Waals surface area contributed by atoms with E-state index in [9.17, 15) is 14.4 Å². The number of carbonyl (C=O) groups is 2. The van der Waals surface area contributed by atoms with Gasteiger partial charge < -0.3 is 14.6 Å². The number of fused-ring (bicyclic) bond motifs is 2. The van der Waals surface area contributed by atoms with Crippen LogP contribution in [0.25, 0.3) is 0 Å². The molecule has 0 unspecified atom stereocenters. The van der Waals surface area contributed by atoms with Crippen LogP contribution in [0.3, 0.4) is 0 Å². The Morgan fingerprint density at radius 3 is 2.71 bits per heavy atom. The molecular weight excluding hydrogens is 432 g/mol. The maximum Gasteiger partial charge on any atom is 0.256 e. The van der Waals surface area contributed by atoms with E-state index in [-0.39, 0.29) is 23.2 Å². The number of ether oxygens (including phenoxy) is 1. The first-order valence-corrected chi connectivity index (χ1v) is 12.3. The first-order valence-electron chi connectivity index (χ1n) is 12.3. The van der Waals surface area contributed by atoms with Crippen molar-refractivity contribution in [3.8, 4) is 0 Å². The summed E-state index contributed by atoms with van der Waals surface area (Å²) in [7, 11) is 0. The number of nitrogens with one attached hydrogen (secondary N) is 1. The molecule has 3 aliphatic heterocycles. The van der Waals surface area contributed by atoms with Crippen molar-refractivity contribution in [3.63, 3.8) is 0 Å². The van der Waals surface area contributed by atoms with Crippen LogP contribution in [0.1, 0.15) is 47.5 Å². The van der Waals surface area contributed by atoms with Gasteiger partial charge in [0.2, 0.25) is 5.91 Å². The van der Waals surface area contributed by atoms with E-state index in [1.54, 1.807) is 0 Å². The quantitative estimate of drug-likeness (QED) is 0.698. The lowest BCUT2D eigenvalue weighted by atomic mass is 9.93. The molecule has 2 aromatic rings. The van der Waals surface area contributed by atoms with Gasteiger partial charge in [-0.3, -0.25) is 19.3 Å². The van der Waals surface area contributed by atoms with Crippen molar-refractivity contribution in [2.45, 2.75) is 51.7 Å². The van der Waals surface area contributed by atoms with Crippen LogP contribution < -0.4 is 5.56 Å². The number of carbonyl (C=O) groups excluding carboxylic acids is 2. The summed E-state index contributed by atoms with van der Waals surface area (Å²) in [5.74, 6) is 1.02. The highest BCUT2D eigenvalue weighted by Crippen LogP contribution is 2.24. The number of aromatic nitrogens is 2. The lowest BCUT2D eigenvalue weighted by Crippen LogP contribution is -2.45. The molecule has 1 aromatic heterocycles. The summed E-state index contributed by atoms with van der Waals surface area (Å²) in [6, 6.07) is 8.37. The smallest absolute Gasteiger partial charge is 0.256 e. The lowest BCUT2D eigenvalue weighted by molar-refractivity contribution is -0.138. The molecule has 3 aliphatic rings. The van der Waals surface area contributed by atoms with Gasteiger partial charge in [0.1, 0.15) is 11.6 Å². The van der Waals surface area contributed by atoms with Crippen LogP contribution in [-0.4, -0.2) is 64.2 Å². The summed E-state index contributed by atoms with van der Waals surface area (Å²) in [6.45, 7) is 4.30. The molecule has 0 aliphatic carbocycles. The molecule has 1 saturated heterocycles. The van der Waals surface area contributed by atoms with Crippen LogP contribution in [0.4, 0.5) is 0 Å². The summed E-state index contributed by atoms with van der Waals surface area (Å²) in [5.41, 5.74) is 3.85. The molecule has 1 amide bonds. The van der Waals surface area contributed by atoms with Gasteiger partial charge in [0, 0.05) is 38.3 Å². The second kappa shape index (κ2) is 10.2. The number of amides is 1. The van der Waals surface area contributed by atoms with Crippen LogP contribution in [0, 0.1) is 5.92 Å². The van der Waals surface area contributed by atoms with Crippen LogP contribution in [-0.2, 0) is 46.7 Å². The second-order valence-corrected chi connectivity index (χ2v) is 9.61. The number of aromatic amines is 1. The van der Waals surface area contributed by atoms with Gasteiger partial charge >= 0.3 is 0 Å². The molecule has 1 N–H and O–H groups in total. The van der Waals surface area contributed by atoms with E-state index >= 15 is 0 Å². The monoisotopic (exact) mass is 464 g/mol. The summed E-state index contributed by atoms with van der Waals surface area (Å²) in [6.07, 6.45) is 3.95. The minimum Gasteiger partial charge on any atom is -0.376 e. The minimum absolute atomic E-state index is 0.0466. The normalized spacial score (nSPS) is 18.9. The number of benzene rings is 1. The summed E-state index contributed by atoms with van der Waals surface area (Å²) in [5, 5.41) is 0. The predicted octanol–water partition coefficient (Wildman–Crippen LogP) is 1.64. The zero-order valence-corrected chi connectivity index (χ0v) is 19.6. The van der Waals surface area contributed by atoms with E-state index < -0.39 is 0 Å². The average molecular weight is 465 g/mol. The molecule has 0 spiro atoms. The number of piperidine rings is 1. The third-order valence-corrected chi connectivity index (χ3v) is 7.30. The van der Waals surface area contributed by atoms with Crippen molar-refractivity contribution in [2.24, 2.45) is 5.92 Å². The topological polar surface area (TPSA) is 95.6 Å². The maximum absolute atomic E-state index is 13.1. The molecular formula is C26H32N4O4. The van der Waals surface area contributed by atoms with Gasteiger partial charge in [-0.15, -0.1) is 0 Å². The standard InChI is InChI=1S/C26H32N4O4/c31-21(5-6-24-27-23-10-14-34-17-22(23)25(32)28-24)16-29-11-7-19(8-12-29)26(33)30-13-9-18-3-1-2-4-20(18)15-30/h1-4,19H,5-17H2,(H,27,28,32). The molecule has 0 atom stereocenters. The number of hydrogen-bond donors (Lipinski definition) is 1. The zero-order chi connectivity index (χ0) is 23.5. The zero-order valence-electron chi connectivity index (χ0n) is 19.6. The van der Waals surface area contributed by atoms with E-state index in [1.165, 1.54) is 11.1 Å². The molecule has 180 valence electrons. The minimum atomic E-state index is -0.156. The second-order valence-electron chi connectivity index (χ2n) is 9.61. The molecule has 34 heavy (non-hydrogen) atoms. The van der Waals surface area contributed by atoms with Gasteiger partial charge in [-0.1, -0.05) is 24.3 Å². The van der Waals surface area contributed by atoms with E-state index in [0.29, 0.717) is 57.0 Å². The predicted molar refractivity (Wildman–Crippen MR) is 126 cm³/mol. The number of likely N-dealkylation sites (tertiary alicyclic amines) is 1. The number of Topliss-reactive ketones (excluding diaryl/α,β-unsaturated/α-hetero) is 1. The summed E-state index contributed by atoms with van der Waals surface area (Å²) >= 11 is 0. The van der Waals surface area contributed by atoms with Crippen molar-refractivity contribution in [1.82, 2.24) is 19.8 Å². The van der Waals surface area contributed by atoms with Crippen LogP contribution in [0.2, 0.25) is 0 Å². The molecule has 0 radical (unpaired) electrons. The Hall–Kier alpha value is -2.84. The number of aryl methyl sites for hydroxylation is 1. The highest BCUT2D eigenvalue weighted by atomic mass is 16.5. The van der Waals surface area contributed by atoms with E-state index in [2.05, 4.69) is 33.1 Å². The van der Waals surface area contributed by atoms with E-state index in [4.69, 9.17) is 4.74 Å². The van der Waals surface area contributed by atoms with E-state index in [0.717, 1.165) is 44.6 Å². The Morgan fingerprint density at radius 1 is 1.09 bits per heavy atom. The summed E-state index contributed by atoms with van der Waals surface area (Å²) in [4.78, 5) is 49.4. The number of rotatable bonds is 6. The van der Waals surface area contributed by atoms with Gasteiger partial charge in [0.05, 0.1) is 31.0 Å². The number of hydrogen-bond acceptors (Lipinski definition) is 6. The van der Waals surface area contributed by atoms with Crippen molar-refractivity contribution in [3.05, 3.63) is 62.8 Å². The number of nitrogens with zero attached hydrogens (tertiary/aromatic N) is 3. The third-order valence-electron chi connectivity index (χ3n) is 7.30. The van der Waals surface area contributed by atoms with Gasteiger partial charge in [0.25, 0.3) is 5.56 Å². The molecule has 0 saturated carbocycles. The van der Waals surface area contributed by atoms with Gasteiger partial charge in [-0.25, -0.2) is 4.98 Å². The first-order chi connectivity index (χ1) is 16.6. The van der Waals surface area contributed by atoms with Crippen molar-refractivity contribution in [1.29, 1.82) is 0 Å². The fourth-order valence-electron chi connectivity index (χ4n) is 5.28. The molecule has 4 heterocycles. The molecule has 0 bridgehead atoms. The lowest BCUT2D eigenvalue weighted by Gasteiger charge is -2.36. The fraction of sp³-hybridized carbons (Fsp3) is 0.538. The molecule has 8 heteroatoms. The Kier molecular flexibility index (Phi) is 6.87. The van der Waals surface area contributed by atoms with E-state index in [1.807, 2.05) is 11.0 Å². The highest BCUT2D eigenvalue weighted by Gasteiger charge is 2.30. The van der Waals surface area contributed by atoms with Gasteiger partial charge in [-0.05, 0) is 43.5 Å². The fourth-order valence-corrected chi connectivity index (χ4v) is 5.28. The third kappa shape index (κ3) is 5.13. The highest BCUT2D eigenvalue weighted by molar-refractivity contribution is 5.81. The van der Waals surface area contributed by atoms with Crippen molar-refractivity contribution < 1.29 is 14.3 Å². The van der Waals surface area contributed by atoms with Crippen LogP contribution in [0.5, 0.6) is 0 Å². The van der Waals surface area contributed by atoms with Crippen LogP contribution in [0.15, 0.2) is 29.1 Å². The SMILES string of the molecule is O=C(CCc1nc2c(c(=O)[nH]1)COCC2)CN1CCC(C(=O)N2CCc3ccccc3C2)CC1. The van der Waals surface area contributed by atoms with Gasteiger partial charge in [-0.2, -0.15) is 0 Å². The molecule has 5 rings (SSSR count). The Labute approximate surface area is 199 Å². The Bertz CT molecular complexity index is 1120. The Balaban J connectivity index is 1.07. The van der Waals surface area contributed by atoms with Gasteiger partial charge in [0.15, 0.2) is 0 Å². The molecule has 1 fully saturated rings. The van der Waals surface area contributed by atoms with Crippen molar-refractivity contribution >= 4 is 11.7 Å². The number of ketones is 1. The largest absolute Gasteiger partial charge is 0.376 e. The molecule has 1 aromatic carbocycles. The maximum atomic E-state index is 13.1. The van der Waals surface area contributed by atoms with Crippen molar-refractivity contribution in [2.75, 3.05) is 32.8 Å². The van der Waals surface area contributed by atoms with Crippen LogP contribution >= 0.6 is 0 Å². The number of H-pyrrole nitrogens is 1. The summed E-state index contributed by atoms with van der Waals surface area (Å²) < 4.78 is 5.33. The molecule has 8 nitrogen and oxygen atoms in total. The first kappa shape index (κ1) is 22.9. The Morgan fingerprint density at radius 2 is 1.88 bits per heavy atom.